The van der Waals surface area contributed by atoms with Crippen LogP contribution in [0.3, 0.4) is 0 Å². The molecule has 8 nitrogen and oxygen atoms in total. The monoisotopic (exact) mass is 464 g/mol. The molecule has 0 aromatic heterocycles. The molecule has 1 unspecified atom stereocenters. The largest absolute Gasteiger partial charge is 0.381 e. The van der Waals surface area contributed by atoms with Crippen LogP contribution in [0.4, 0.5) is 22.7 Å². The zero-order valence-corrected chi connectivity index (χ0v) is 19.8. The number of hydrogen-bond donors (Lipinski definition) is 1. The van der Waals surface area contributed by atoms with E-state index in [9.17, 15) is 9.59 Å². The molecule has 0 bridgehead atoms. The van der Waals surface area contributed by atoms with Crippen LogP contribution in [0.25, 0.3) is 0 Å². The van der Waals surface area contributed by atoms with Crippen LogP contribution in [0.15, 0.2) is 42.5 Å². The number of anilines is 4. The zero-order valence-electron chi connectivity index (χ0n) is 19.8. The number of carbonyl (C=O) groups is 2. The highest BCUT2D eigenvalue weighted by molar-refractivity contribution is 6.05. The van der Waals surface area contributed by atoms with Crippen molar-refractivity contribution in [2.45, 2.75) is 31.8 Å². The number of ether oxygens (including phenoxy) is 2. The third kappa shape index (κ3) is 4.35. The summed E-state index contributed by atoms with van der Waals surface area (Å²) in [6.45, 7) is 5.88. The van der Waals surface area contributed by atoms with Gasteiger partial charge < -0.3 is 29.5 Å². The Morgan fingerprint density at radius 2 is 1.56 bits per heavy atom. The summed E-state index contributed by atoms with van der Waals surface area (Å²) in [4.78, 5) is 31.5. The van der Waals surface area contributed by atoms with Crippen molar-refractivity contribution in [2.75, 3.05) is 61.7 Å². The number of morpholine rings is 1. The summed E-state index contributed by atoms with van der Waals surface area (Å²) < 4.78 is 10.9. The van der Waals surface area contributed by atoms with E-state index in [-0.39, 0.29) is 23.9 Å². The molecule has 0 aliphatic carbocycles. The minimum Gasteiger partial charge on any atom is -0.381 e. The van der Waals surface area contributed by atoms with E-state index in [1.165, 1.54) is 0 Å². The molecular formula is C26H32N4O4. The molecule has 5 rings (SSSR count). The standard InChI is InChI=1S/C26H32N4O4/c1-18-25(31)28(2)23-8-7-21(17-24(23)30(18)22-9-13-33-14-10-22)27-20-5-3-19(4-6-20)26(32)29-11-15-34-16-12-29/h3-8,17-18,22,27H,9-16H2,1-2H3. The first-order chi connectivity index (χ1) is 16.5. The molecule has 3 aliphatic rings. The summed E-state index contributed by atoms with van der Waals surface area (Å²) in [6.07, 6.45) is 1.83. The second kappa shape index (κ2) is 9.64. The highest BCUT2D eigenvalue weighted by atomic mass is 16.5. The van der Waals surface area contributed by atoms with Gasteiger partial charge in [-0.3, -0.25) is 9.59 Å². The highest BCUT2D eigenvalue weighted by Crippen LogP contribution is 2.40. The lowest BCUT2D eigenvalue weighted by molar-refractivity contribution is -0.119. The summed E-state index contributed by atoms with van der Waals surface area (Å²) in [7, 11) is 1.84. The summed E-state index contributed by atoms with van der Waals surface area (Å²) in [6, 6.07) is 13.8. The van der Waals surface area contributed by atoms with Gasteiger partial charge in [-0.25, -0.2) is 0 Å². The Kier molecular flexibility index (Phi) is 6.43. The predicted molar refractivity (Wildman–Crippen MR) is 132 cm³/mol. The van der Waals surface area contributed by atoms with Crippen molar-refractivity contribution in [1.82, 2.24) is 4.90 Å². The molecule has 1 atom stereocenters. The minimum atomic E-state index is -0.221. The van der Waals surface area contributed by atoms with E-state index >= 15 is 0 Å². The Hall–Kier alpha value is -3.10. The lowest BCUT2D eigenvalue weighted by Crippen LogP contribution is -2.55. The molecule has 0 radical (unpaired) electrons. The molecule has 8 heteroatoms. The van der Waals surface area contributed by atoms with Crippen LogP contribution in [0, 0.1) is 0 Å². The first-order valence-electron chi connectivity index (χ1n) is 12.0. The molecular weight excluding hydrogens is 432 g/mol. The minimum absolute atomic E-state index is 0.0393. The molecule has 34 heavy (non-hydrogen) atoms. The Labute approximate surface area is 200 Å². The number of nitrogens with zero attached hydrogens (tertiary/aromatic N) is 3. The second-order valence-corrected chi connectivity index (χ2v) is 9.13. The molecule has 3 heterocycles. The van der Waals surface area contributed by atoms with Crippen LogP contribution in [-0.2, 0) is 14.3 Å². The van der Waals surface area contributed by atoms with Gasteiger partial charge >= 0.3 is 0 Å². The zero-order chi connectivity index (χ0) is 23.7. The number of benzene rings is 2. The number of nitrogens with one attached hydrogen (secondary N) is 1. The van der Waals surface area contributed by atoms with Gasteiger partial charge in [-0.2, -0.15) is 0 Å². The van der Waals surface area contributed by atoms with Gasteiger partial charge in [0.15, 0.2) is 0 Å². The third-order valence-electron chi connectivity index (χ3n) is 7.02. The van der Waals surface area contributed by atoms with E-state index in [4.69, 9.17) is 9.47 Å². The highest BCUT2D eigenvalue weighted by Gasteiger charge is 2.38. The molecule has 2 aromatic carbocycles. The van der Waals surface area contributed by atoms with Crippen LogP contribution < -0.4 is 15.1 Å². The quantitative estimate of drug-likeness (QED) is 0.749. The van der Waals surface area contributed by atoms with Crippen LogP contribution in [-0.4, -0.2) is 75.4 Å². The van der Waals surface area contributed by atoms with E-state index in [1.54, 1.807) is 4.90 Å². The Bertz CT molecular complexity index is 1050. The number of amides is 2. The fourth-order valence-electron chi connectivity index (χ4n) is 5.11. The SMILES string of the molecule is CC1C(=O)N(C)c2ccc(Nc3ccc(C(=O)N4CCOCC4)cc3)cc2N1C1CCOCC1. The van der Waals surface area contributed by atoms with E-state index in [0.717, 1.165) is 48.8 Å². The topological polar surface area (TPSA) is 74.4 Å². The molecule has 0 spiro atoms. The van der Waals surface area contributed by atoms with Crippen molar-refractivity contribution < 1.29 is 19.1 Å². The molecule has 2 amide bonds. The van der Waals surface area contributed by atoms with Crippen molar-refractivity contribution in [2.24, 2.45) is 0 Å². The second-order valence-electron chi connectivity index (χ2n) is 9.13. The third-order valence-corrected chi connectivity index (χ3v) is 7.02. The smallest absolute Gasteiger partial charge is 0.254 e. The van der Waals surface area contributed by atoms with Gasteiger partial charge in [0.25, 0.3) is 5.91 Å². The molecule has 180 valence electrons. The number of carbonyl (C=O) groups excluding carboxylic acids is 2. The molecule has 1 N–H and O–H groups in total. The van der Waals surface area contributed by atoms with E-state index in [1.807, 2.05) is 55.3 Å². The van der Waals surface area contributed by atoms with Crippen LogP contribution in [0.5, 0.6) is 0 Å². The van der Waals surface area contributed by atoms with Gasteiger partial charge in [-0.05, 0) is 62.2 Å². The normalized spacial score (nSPS) is 21.4. The predicted octanol–water partition coefficient (Wildman–Crippen LogP) is 3.25. The molecule has 2 saturated heterocycles. The molecule has 3 aliphatic heterocycles. The maximum Gasteiger partial charge on any atom is 0.254 e. The van der Waals surface area contributed by atoms with Crippen molar-refractivity contribution >= 4 is 34.6 Å². The number of fused-ring (bicyclic) bond motifs is 1. The van der Waals surface area contributed by atoms with E-state index < -0.39 is 0 Å². The summed E-state index contributed by atoms with van der Waals surface area (Å²) in [5.74, 6) is 0.151. The Morgan fingerprint density at radius 3 is 2.26 bits per heavy atom. The van der Waals surface area contributed by atoms with Crippen molar-refractivity contribution in [3.8, 4) is 0 Å². The van der Waals surface area contributed by atoms with Crippen molar-refractivity contribution in [1.29, 1.82) is 0 Å². The molecule has 2 fully saturated rings. The van der Waals surface area contributed by atoms with Gasteiger partial charge in [0, 0.05) is 56.3 Å². The van der Waals surface area contributed by atoms with Crippen molar-refractivity contribution in [3.63, 3.8) is 0 Å². The van der Waals surface area contributed by atoms with Gasteiger partial charge in [0.05, 0.1) is 24.6 Å². The summed E-state index contributed by atoms with van der Waals surface area (Å²) in [5.41, 5.74) is 4.51. The maximum atomic E-state index is 12.9. The first kappa shape index (κ1) is 22.7. The fourth-order valence-corrected chi connectivity index (χ4v) is 5.11. The first-order valence-corrected chi connectivity index (χ1v) is 12.0. The number of rotatable bonds is 4. The summed E-state index contributed by atoms with van der Waals surface area (Å²) in [5, 5.41) is 3.46. The average molecular weight is 465 g/mol. The van der Waals surface area contributed by atoms with Gasteiger partial charge in [0.2, 0.25) is 5.91 Å². The fraction of sp³-hybridized carbons (Fsp3) is 0.462. The van der Waals surface area contributed by atoms with Crippen LogP contribution >= 0.6 is 0 Å². The van der Waals surface area contributed by atoms with Crippen LogP contribution in [0.2, 0.25) is 0 Å². The van der Waals surface area contributed by atoms with Gasteiger partial charge in [-0.1, -0.05) is 0 Å². The molecule has 0 saturated carbocycles. The number of hydrogen-bond acceptors (Lipinski definition) is 6. The summed E-state index contributed by atoms with van der Waals surface area (Å²) >= 11 is 0. The van der Waals surface area contributed by atoms with E-state index in [2.05, 4.69) is 16.3 Å². The van der Waals surface area contributed by atoms with E-state index in [0.29, 0.717) is 31.9 Å². The maximum absolute atomic E-state index is 12.9. The van der Waals surface area contributed by atoms with Crippen molar-refractivity contribution in [3.05, 3.63) is 48.0 Å². The lowest BCUT2D eigenvalue weighted by Gasteiger charge is -2.45. The van der Waals surface area contributed by atoms with Gasteiger partial charge in [-0.15, -0.1) is 0 Å². The average Bonchev–Trinajstić information content (AvgIpc) is 2.89. The number of likely N-dealkylation sites (N-methyl/N-ethyl adjacent to an activating group) is 1. The van der Waals surface area contributed by atoms with Crippen LogP contribution in [0.1, 0.15) is 30.1 Å². The van der Waals surface area contributed by atoms with Gasteiger partial charge in [0.1, 0.15) is 6.04 Å². The Morgan fingerprint density at radius 1 is 0.912 bits per heavy atom. The Balaban J connectivity index is 1.36. The lowest BCUT2D eigenvalue weighted by atomic mass is 9.99. The molecule has 2 aromatic rings.